The summed E-state index contributed by atoms with van der Waals surface area (Å²) in [5.74, 6) is 0. The van der Waals surface area contributed by atoms with Crippen LogP contribution in [0.15, 0.2) is 60.7 Å². The van der Waals surface area contributed by atoms with E-state index in [-0.39, 0.29) is 73.6 Å². The van der Waals surface area contributed by atoms with Crippen molar-refractivity contribution in [3.8, 4) is 0 Å². The maximum Gasteiger partial charge on any atom is 1.00 e. The van der Waals surface area contributed by atoms with E-state index >= 15 is 0 Å². The fraction of sp³-hybridized carbons (Fsp3) is 0.167. The Kier molecular flexibility index (Phi) is 16.2. The minimum atomic E-state index is 0. The predicted molar refractivity (Wildman–Crippen MR) is 82.1 cm³/mol. The van der Waals surface area contributed by atoms with Crippen molar-refractivity contribution in [1.82, 2.24) is 0 Å². The number of carbonyl (C=O) groups is 1. The number of halogens is 1. The Hall–Kier alpha value is -0.168. The topological polar surface area (TPSA) is 17.1 Å². The van der Waals surface area contributed by atoms with Crippen LogP contribution in [-0.4, -0.2) is 6.29 Å². The number of hydrogen-bond acceptors (Lipinski definition) is 1. The number of carbonyl (C=O) groups excluding carboxylic acids is 1. The zero-order valence-corrected chi connectivity index (χ0v) is 19.2. The molecule has 0 bridgehead atoms. The average molecular weight is 404 g/mol. The van der Waals surface area contributed by atoms with Crippen molar-refractivity contribution in [2.24, 2.45) is 0 Å². The third-order valence-electron chi connectivity index (χ3n) is 2.81. The quantitative estimate of drug-likeness (QED) is 0.448. The zero-order chi connectivity index (χ0) is 13.9. The first kappa shape index (κ1) is 23.1. The van der Waals surface area contributed by atoms with E-state index in [0.717, 1.165) is 18.3 Å². The van der Waals surface area contributed by atoms with E-state index in [1.54, 1.807) is 6.08 Å². The second-order valence-electron chi connectivity index (χ2n) is 4.19. The van der Waals surface area contributed by atoms with Gasteiger partial charge in [0.15, 0.2) is 0 Å². The van der Waals surface area contributed by atoms with Crippen LogP contribution in [0, 0.1) is 6.92 Å². The van der Waals surface area contributed by atoms with E-state index < -0.39 is 0 Å². The molecule has 0 saturated carbocycles. The molecule has 21 heavy (non-hydrogen) atoms. The standard InChI is InChI=1S/C9H8O.C9H12.Cs.FH/c10-8-4-7-9-5-2-1-3-6-9;1-3-9-7-5-4-6-8(9)2;;/h1-8H;4-7H,3H2,1-2H3;;1H/q;;+1;/p-1/b7-4+;;;. The van der Waals surface area contributed by atoms with Gasteiger partial charge in [-0.2, -0.15) is 0 Å². The van der Waals surface area contributed by atoms with E-state index in [2.05, 4.69) is 38.1 Å². The summed E-state index contributed by atoms with van der Waals surface area (Å²) in [6.07, 6.45) is 5.17. The van der Waals surface area contributed by atoms with Gasteiger partial charge in [-0.15, -0.1) is 0 Å². The molecule has 0 atom stereocenters. The van der Waals surface area contributed by atoms with Gasteiger partial charge in [-0.25, -0.2) is 0 Å². The average Bonchev–Trinajstić information content (AvgIpc) is 2.47. The molecule has 0 aliphatic carbocycles. The van der Waals surface area contributed by atoms with Gasteiger partial charge in [0.25, 0.3) is 0 Å². The summed E-state index contributed by atoms with van der Waals surface area (Å²) in [6.45, 7) is 4.33. The molecule has 0 aliphatic heterocycles. The van der Waals surface area contributed by atoms with Crippen molar-refractivity contribution in [3.63, 3.8) is 0 Å². The fourth-order valence-electron chi connectivity index (χ4n) is 1.72. The molecule has 2 rings (SSSR count). The summed E-state index contributed by atoms with van der Waals surface area (Å²) in [5, 5.41) is 0. The Bertz CT molecular complexity index is 524. The summed E-state index contributed by atoms with van der Waals surface area (Å²) in [7, 11) is 0. The van der Waals surface area contributed by atoms with Gasteiger partial charge in [-0.05, 0) is 36.1 Å². The summed E-state index contributed by atoms with van der Waals surface area (Å²) in [5.41, 5.74) is 3.91. The largest absolute Gasteiger partial charge is 1.00 e. The van der Waals surface area contributed by atoms with Crippen LogP contribution in [0.3, 0.4) is 0 Å². The van der Waals surface area contributed by atoms with Crippen LogP contribution in [0.2, 0.25) is 0 Å². The molecule has 0 radical (unpaired) electrons. The summed E-state index contributed by atoms with van der Waals surface area (Å²) in [4.78, 5) is 9.89. The van der Waals surface area contributed by atoms with E-state index in [1.807, 2.05) is 30.3 Å². The van der Waals surface area contributed by atoms with Gasteiger partial charge in [-0.1, -0.05) is 67.6 Å². The van der Waals surface area contributed by atoms with Gasteiger partial charge in [0.2, 0.25) is 0 Å². The maximum absolute atomic E-state index is 9.89. The van der Waals surface area contributed by atoms with Crippen LogP contribution in [-0.2, 0) is 11.2 Å². The van der Waals surface area contributed by atoms with Gasteiger partial charge in [-0.3, -0.25) is 4.79 Å². The van der Waals surface area contributed by atoms with E-state index in [9.17, 15) is 4.79 Å². The number of aryl methyl sites for hydroxylation is 2. The normalized spacial score (nSPS) is 8.86. The van der Waals surface area contributed by atoms with E-state index in [4.69, 9.17) is 0 Å². The molecule has 0 fully saturated rings. The third-order valence-corrected chi connectivity index (χ3v) is 2.81. The van der Waals surface area contributed by atoms with E-state index in [0.29, 0.717) is 0 Å². The molecule has 0 N–H and O–H groups in total. The first-order chi connectivity index (χ1) is 9.27. The third kappa shape index (κ3) is 10.2. The van der Waals surface area contributed by atoms with Crippen LogP contribution in [0.5, 0.6) is 0 Å². The molecule has 0 aromatic heterocycles. The van der Waals surface area contributed by atoms with Gasteiger partial charge >= 0.3 is 68.9 Å². The van der Waals surface area contributed by atoms with Gasteiger partial charge in [0.05, 0.1) is 0 Å². The number of aldehydes is 1. The van der Waals surface area contributed by atoms with E-state index in [1.165, 1.54) is 17.2 Å². The molecule has 2 aromatic carbocycles. The van der Waals surface area contributed by atoms with Crippen molar-refractivity contribution in [1.29, 1.82) is 0 Å². The second-order valence-corrected chi connectivity index (χ2v) is 4.19. The molecule has 0 amide bonds. The van der Waals surface area contributed by atoms with Crippen LogP contribution < -0.4 is 73.6 Å². The fourth-order valence-corrected chi connectivity index (χ4v) is 1.72. The molecule has 0 saturated heterocycles. The molecule has 0 heterocycles. The first-order valence-corrected chi connectivity index (χ1v) is 6.49. The molecule has 1 nitrogen and oxygen atoms in total. The first-order valence-electron chi connectivity index (χ1n) is 6.49. The summed E-state index contributed by atoms with van der Waals surface area (Å²) in [6, 6.07) is 18.2. The molecule has 3 heteroatoms. The second kappa shape index (κ2) is 14.8. The summed E-state index contributed by atoms with van der Waals surface area (Å²) < 4.78 is 0. The van der Waals surface area contributed by atoms with Crippen molar-refractivity contribution >= 4 is 12.4 Å². The number of benzene rings is 2. The minimum absolute atomic E-state index is 0. The van der Waals surface area contributed by atoms with Crippen molar-refractivity contribution in [2.75, 3.05) is 0 Å². The van der Waals surface area contributed by atoms with Crippen LogP contribution in [0.1, 0.15) is 23.6 Å². The Morgan fingerprint density at radius 1 is 0.952 bits per heavy atom. The minimum Gasteiger partial charge on any atom is -1.00 e. The molecular formula is C18H20CsFO. The number of allylic oxidation sites excluding steroid dienone is 1. The molecule has 106 valence electrons. The maximum atomic E-state index is 9.89. The van der Waals surface area contributed by atoms with Crippen LogP contribution in [0.25, 0.3) is 6.08 Å². The monoisotopic (exact) mass is 404 g/mol. The Balaban J connectivity index is 0. The number of rotatable bonds is 3. The number of hydrogen-bond donors (Lipinski definition) is 0. The molecule has 0 spiro atoms. The summed E-state index contributed by atoms with van der Waals surface area (Å²) >= 11 is 0. The van der Waals surface area contributed by atoms with Crippen molar-refractivity contribution in [3.05, 3.63) is 77.4 Å². The Morgan fingerprint density at radius 2 is 1.52 bits per heavy atom. The van der Waals surface area contributed by atoms with Gasteiger partial charge in [0, 0.05) is 0 Å². The molecule has 0 aliphatic rings. The molecule has 2 aromatic rings. The van der Waals surface area contributed by atoms with Gasteiger partial charge in [0.1, 0.15) is 6.29 Å². The van der Waals surface area contributed by atoms with Crippen LogP contribution in [0.4, 0.5) is 0 Å². The van der Waals surface area contributed by atoms with Crippen molar-refractivity contribution in [2.45, 2.75) is 20.3 Å². The van der Waals surface area contributed by atoms with Crippen molar-refractivity contribution < 1.29 is 78.4 Å². The Labute approximate surface area is 185 Å². The van der Waals surface area contributed by atoms with Gasteiger partial charge < -0.3 is 4.70 Å². The molecular weight excluding hydrogens is 384 g/mol. The SMILES string of the molecule is CCc1ccccc1C.O=C/C=C/c1ccccc1.[Cs+].[F-]. The zero-order valence-electron chi connectivity index (χ0n) is 12.9. The smallest absolute Gasteiger partial charge is 1.00 e. The predicted octanol–water partition coefficient (Wildman–Crippen LogP) is -1.54. The van der Waals surface area contributed by atoms with Crippen LogP contribution >= 0.6 is 0 Å². The Morgan fingerprint density at radius 3 is 2.00 bits per heavy atom. The molecule has 0 unspecified atom stereocenters.